The molecule has 0 saturated carbocycles. The van der Waals surface area contributed by atoms with Gasteiger partial charge in [-0.1, -0.05) is 49.4 Å². The Morgan fingerprint density at radius 2 is 1.92 bits per heavy atom. The van der Waals surface area contributed by atoms with Crippen molar-refractivity contribution in [1.82, 2.24) is 5.32 Å². The number of hydrogen-bond donors (Lipinski definition) is 2. The van der Waals surface area contributed by atoms with Gasteiger partial charge in [-0.2, -0.15) is 0 Å². The summed E-state index contributed by atoms with van der Waals surface area (Å²) >= 11 is 1.66. The molecule has 0 radical (unpaired) electrons. The molecule has 0 fully saturated rings. The molecule has 2 atom stereocenters. The van der Waals surface area contributed by atoms with Crippen LogP contribution in [0, 0.1) is 5.92 Å². The first-order valence-electron chi connectivity index (χ1n) is 8.10. The summed E-state index contributed by atoms with van der Waals surface area (Å²) in [6, 6.07) is 17.9. The fourth-order valence-corrected chi connectivity index (χ4v) is 3.56. The summed E-state index contributed by atoms with van der Waals surface area (Å²) in [6.45, 7) is 2.14. The third kappa shape index (κ3) is 4.02. The maximum atomic E-state index is 12.2. The third-order valence-corrected chi connectivity index (χ3v) is 5.06. The molecule has 0 aliphatic rings. The Morgan fingerprint density at radius 1 is 1.12 bits per heavy atom. The Balaban J connectivity index is 1.57. The van der Waals surface area contributed by atoms with Crippen LogP contribution in [0.2, 0.25) is 0 Å². The van der Waals surface area contributed by atoms with Gasteiger partial charge in [0.2, 0.25) is 5.91 Å². The number of rotatable bonds is 6. The van der Waals surface area contributed by atoms with Crippen LogP contribution in [-0.4, -0.2) is 17.6 Å². The van der Waals surface area contributed by atoms with Crippen LogP contribution in [0.3, 0.4) is 0 Å². The molecule has 24 heavy (non-hydrogen) atoms. The van der Waals surface area contributed by atoms with Crippen LogP contribution in [0.1, 0.15) is 23.5 Å². The van der Waals surface area contributed by atoms with Gasteiger partial charge in [-0.3, -0.25) is 4.79 Å². The highest BCUT2D eigenvalue weighted by molar-refractivity contribution is 7.09. The number of carbonyl (C=O) groups is 1. The molecule has 0 spiro atoms. The molecule has 2 unspecified atom stereocenters. The van der Waals surface area contributed by atoms with Crippen molar-refractivity contribution in [2.75, 3.05) is 6.54 Å². The number of hydrogen-bond acceptors (Lipinski definition) is 3. The van der Waals surface area contributed by atoms with E-state index in [9.17, 15) is 9.90 Å². The minimum Gasteiger partial charge on any atom is -0.387 e. The summed E-state index contributed by atoms with van der Waals surface area (Å²) in [6.07, 6.45) is 0.0303. The molecule has 4 heteroatoms. The van der Waals surface area contributed by atoms with Gasteiger partial charge in [-0.25, -0.2) is 0 Å². The molecule has 0 aliphatic carbocycles. The zero-order valence-corrected chi connectivity index (χ0v) is 14.4. The molecule has 3 nitrogen and oxygen atoms in total. The zero-order valence-electron chi connectivity index (χ0n) is 13.6. The van der Waals surface area contributed by atoms with Gasteiger partial charge in [0.05, 0.1) is 6.10 Å². The number of carbonyl (C=O) groups excluding carboxylic acids is 1. The first-order chi connectivity index (χ1) is 11.6. The topological polar surface area (TPSA) is 49.3 Å². The highest BCUT2D eigenvalue weighted by Crippen LogP contribution is 2.20. The molecule has 124 valence electrons. The molecule has 1 heterocycles. The third-order valence-electron chi connectivity index (χ3n) is 4.16. The standard InChI is InChI=1S/C20H21NO2S/c1-14(11-18-7-4-10-24-18)20(23)21-13-19(22)17-9-8-15-5-2-3-6-16(15)12-17/h2-10,12,14,19,22H,11,13H2,1H3,(H,21,23). The highest BCUT2D eigenvalue weighted by atomic mass is 32.1. The van der Waals surface area contributed by atoms with Crippen LogP contribution in [0.25, 0.3) is 10.8 Å². The molecule has 2 N–H and O–H groups in total. The normalized spacial score (nSPS) is 13.6. The average molecular weight is 339 g/mol. The van der Waals surface area contributed by atoms with Crippen molar-refractivity contribution in [2.24, 2.45) is 5.92 Å². The molecule has 1 amide bonds. The van der Waals surface area contributed by atoms with Gasteiger partial charge in [-0.05, 0) is 40.3 Å². The van der Waals surface area contributed by atoms with Crippen LogP contribution in [0.4, 0.5) is 0 Å². The van der Waals surface area contributed by atoms with Gasteiger partial charge in [0.1, 0.15) is 0 Å². The molecule has 1 aromatic heterocycles. The van der Waals surface area contributed by atoms with E-state index in [1.54, 1.807) is 11.3 Å². The quantitative estimate of drug-likeness (QED) is 0.715. The van der Waals surface area contributed by atoms with Gasteiger partial charge in [-0.15, -0.1) is 11.3 Å². The zero-order chi connectivity index (χ0) is 16.9. The minimum atomic E-state index is -0.701. The van der Waals surface area contributed by atoms with Crippen LogP contribution in [0.15, 0.2) is 60.0 Å². The van der Waals surface area contributed by atoms with E-state index in [0.29, 0.717) is 0 Å². The Morgan fingerprint density at radius 3 is 2.67 bits per heavy atom. The average Bonchev–Trinajstić information content (AvgIpc) is 3.11. The molecule has 0 saturated heterocycles. The summed E-state index contributed by atoms with van der Waals surface area (Å²) in [4.78, 5) is 13.4. The Hall–Kier alpha value is -2.17. The Labute approximate surface area is 146 Å². The maximum Gasteiger partial charge on any atom is 0.223 e. The largest absolute Gasteiger partial charge is 0.387 e. The molecule has 3 aromatic rings. The lowest BCUT2D eigenvalue weighted by molar-refractivity contribution is -0.124. The number of fused-ring (bicyclic) bond motifs is 1. The van der Waals surface area contributed by atoms with Crippen molar-refractivity contribution in [3.05, 3.63) is 70.4 Å². The Kier molecular flexibility index (Phi) is 5.28. The van der Waals surface area contributed by atoms with Gasteiger partial charge in [0.15, 0.2) is 0 Å². The monoisotopic (exact) mass is 339 g/mol. The van der Waals surface area contributed by atoms with Gasteiger partial charge in [0.25, 0.3) is 0 Å². The van der Waals surface area contributed by atoms with Crippen molar-refractivity contribution in [2.45, 2.75) is 19.4 Å². The van der Waals surface area contributed by atoms with Crippen molar-refractivity contribution in [3.63, 3.8) is 0 Å². The number of aliphatic hydroxyl groups excluding tert-OH is 1. The molecule has 3 rings (SSSR count). The van der Waals surface area contributed by atoms with Crippen molar-refractivity contribution in [1.29, 1.82) is 0 Å². The predicted octanol–water partition coefficient (Wildman–Crippen LogP) is 3.93. The van der Waals surface area contributed by atoms with Gasteiger partial charge in [0, 0.05) is 17.3 Å². The van der Waals surface area contributed by atoms with Crippen LogP contribution in [0.5, 0.6) is 0 Å². The predicted molar refractivity (Wildman–Crippen MR) is 99.1 cm³/mol. The lowest BCUT2D eigenvalue weighted by atomic mass is 10.0. The van der Waals surface area contributed by atoms with E-state index in [-0.39, 0.29) is 18.4 Å². The molecule has 2 aromatic carbocycles. The SMILES string of the molecule is CC(Cc1cccs1)C(=O)NCC(O)c1ccc2ccccc2c1. The number of nitrogens with one attached hydrogen (secondary N) is 1. The number of thiophene rings is 1. The van der Waals surface area contributed by atoms with E-state index >= 15 is 0 Å². The fraction of sp³-hybridized carbons (Fsp3) is 0.250. The van der Waals surface area contributed by atoms with Crippen molar-refractivity contribution >= 4 is 28.0 Å². The first kappa shape index (κ1) is 16.7. The molecule has 0 aliphatic heterocycles. The lowest BCUT2D eigenvalue weighted by Crippen LogP contribution is -2.33. The van der Waals surface area contributed by atoms with Crippen LogP contribution >= 0.6 is 11.3 Å². The summed E-state index contributed by atoms with van der Waals surface area (Å²) < 4.78 is 0. The van der Waals surface area contributed by atoms with Gasteiger partial charge >= 0.3 is 0 Å². The number of benzene rings is 2. The van der Waals surface area contributed by atoms with E-state index in [1.807, 2.05) is 66.9 Å². The summed E-state index contributed by atoms with van der Waals surface area (Å²) in [5.74, 6) is -0.129. The maximum absolute atomic E-state index is 12.2. The van der Waals surface area contributed by atoms with Crippen molar-refractivity contribution in [3.8, 4) is 0 Å². The fourth-order valence-electron chi connectivity index (χ4n) is 2.73. The van der Waals surface area contributed by atoms with E-state index < -0.39 is 6.10 Å². The second kappa shape index (κ2) is 7.60. The summed E-state index contributed by atoms with van der Waals surface area (Å²) in [7, 11) is 0. The lowest BCUT2D eigenvalue weighted by Gasteiger charge is -2.15. The van der Waals surface area contributed by atoms with Crippen LogP contribution < -0.4 is 5.32 Å². The van der Waals surface area contributed by atoms with Gasteiger partial charge < -0.3 is 10.4 Å². The highest BCUT2D eigenvalue weighted by Gasteiger charge is 2.16. The minimum absolute atomic E-state index is 0.0248. The second-order valence-electron chi connectivity index (χ2n) is 6.05. The van der Waals surface area contributed by atoms with E-state index in [0.717, 1.165) is 22.8 Å². The smallest absolute Gasteiger partial charge is 0.223 e. The summed E-state index contributed by atoms with van der Waals surface area (Å²) in [5, 5.41) is 17.5. The van der Waals surface area contributed by atoms with E-state index in [2.05, 4.69) is 5.32 Å². The van der Waals surface area contributed by atoms with E-state index in [4.69, 9.17) is 0 Å². The number of amides is 1. The molecule has 0 bridgehead atoms. The molecular weight excluding hydrogens is 318 g/mol. The summed E-state index contributed by atoms with van der Waals surface area (Å²) in [5.41, 5.74) is 0.819. The van der Waals surface area contributed by atoms with Crippen molar-refractivity contribution < 1.29 is 9.90 Å². The van der Waals surface area contributed by atoms with E-state index in [1.165, 1.54) is 4.88 Å². The Bertz CT molecular complexity index is 813. The molecular formula is C20H21NO2S. The van der Waals surface area contributed by atoms with Crippen LogP contribution in [-0.2, 0) is 11.2 Å². The number of aliphatic hydroxyl groups is 1. The second-order valence-corrected chi connectivity index (χ2v) is 7.08. The first-order valence-corrected chi connectivity index (χ1v) is 8.98.